The predicted molar refractivity (Wildman–Crippen MR) is 60.3 cm³/mol. The molecule has 3 heteroatoms. The first-order valence-electron chi connectivity index (χ1n) is 5.03. The third kappa shape index (κ3) is 8.28. The van der Waals surface area contributed by atoms with Gasteiger partial charge in [-0.05, 0) is 19.5 Å². The standard InChI is InChI=1S/C10H21ClN2/c1-3-9-13(4-2)10-8-12-7-5-6-11/h5-6,12H,3-4,7-10H2,1-2H3/b6-5+. The van der Waals surface area contributed by atoms with E-state index < -0.39 is 0 Å². The molecule has 0 aliphatic carbocycles. The Morgan fingerprint density at radius 1 is 1.31 bits per heavy atom. The largest absolute Gasteiger partial charge is 0.312 e. The van der Waals surface area contributed by atoms with Gasteiger partial charge in [-0.2, -0.15) is 0 Å². The quantitative estimate of drug-likeness (QED) is 0.609. The second kappa shape index (κ2) is 10.0. The van der Waals surface area contributed by atoms with Gasteiger partial charge in [0.1, 0.15) is 0 Å². The van der Waals surface area contributed by atoms with Crippen LogP contribution in [0.1, 0.15) is 20.3 Å². The van der Waals surface area contributed by atoms with Crippen molar-refractivity contribution in [1.82, 2.24) is 10.2 Å². The van der Waals surface area contributed by atoms with Gasteiger partial charge in [-0.15, -0.1) is 0 Å². The molecule has 13 heavy (non-hydrogen) atoms. The Morgan fingerprint density at radius 3 is 2.62 bits per heavy atom. The van der Waals surface area contributed by atoms with Gasteiger partial charge in [0.05, 0.1) is 0 Å². The van der Waals surface area contributed by atoms with Crippen LogP contribution in [0.5, 0.6) is 0 Å². The lowest BCUT2D eigenvalue weighted by molar-refractivity contribution is 0.289. The maximum atomic E-state index is 5.39. The summed E-state index contributed by atoms with van der Waals surface area (Å²) in [5.41, 5.74) is 1.55. The molecule has 0 aliphatic rings. The monoisotopic (exact) mass is 204 g/mol. The minimum Gasteiger partial charge on any atom is -0.312 e. The van der Waals surface area contributed by atoms with Crippen molar-refractivity contribution in [2.45, 2.75) is 20.3 Å². The fraction of sp³-hybridized carbons (Fsp3) is 0.800. The van der Waals surface area contributed by atoms with Crippen LogP contribution < -0.4 is 5.32 Å². The zero-order chi connectivity index (χ0) is 9.94. The van der Waals surface area contributed by atoms with Gasteiger partial charge in [0.25, 0.3) is 0 Å². The van der Waals surface area contributed by atoms with Crippen LogP contribution in [-0.4, -0.2) is 37.6 Å². The zero-order valence-corrected chi connectivity index (χ0v) is 9.48. The summed E-state index contributed by atoms with van der Waals surface area (Å²) in [5, 5.41) is 3.30. The average Bonchev–Trinajstić information content (AvgIpc) is 2.16. The Morgan fingerprint density at radius 2 is 2.08 bits per heavy atom. The van der Waals surface area contributed by atoms with Crippen molar-refractivity contribution >= 4 is 11.6 Å². The normalized spacial score (nSPS) is 11.7. The van der Waals surface area contributed by atoms with Crippen molar-refractivity contribution in [1.29, 1.82) is 0 Å². The van der Waals surface area contributed by atoms with Gasteiger partial charge in [-0.1, -0.05) is 31.5 Å². The van der Waals surface area contributed by atoms with Crippen LogP contribution in [0.3, 0.4) is 0 Å². The van der Waals surface area contributed by atoms with Gasteiger partial charge >= 0.3 is 0 Å². The Hall–Kier alpha value is -0.0500. The van der Waals surface area contributed by atoms with Gasteiger partial charge in [0.15, 0.2) is 0 Å². The van der Waals surface area contributed by atoms with Crippen molar-refractivity contribution in [3.05, 3.63) is 11.6 Å². The third-order valence-electron chi connectivity index (χ3n) is 1.94. The molecule has 0 aromatic rings. The number of nitrogens with one attached hydrogen (secondary N) is 1. The molecule has 0 amide bonds. The molecule has 0 rings (SSSR count). The lowest BCUT2D eigenvalue weighted by Crippen LogP contribution is -2.32. The number of halogens is 1. The first-order valence-corrected chi connectivity index (χ1v) is 5.47. The first-order chi connectivity index (χ1) is 6.35. The van der Waals surface area contributed by atoms with E-state index >= 15 is 0 Å². The average molecular weight is 205 g/mol. The van der Waals surface area contributed by atoms with Crippen LogP contribution in [0, 0.1) is 0 Å². The molecule has 0 atom stereocenters. The molecule has 0 spiro atoms. The summed E-state index contributed by atoms with van der Waals surface area (Å²) in [7, 11) is 0. The van der Waals surface area contributed by atoms with Gasteiger partial charge in [-0.25, -0.2) is 0 Å². The maximum Gasteiger partial charge on any atom is 0.0147 e. The molecule has 0 bridgehead atoms. The zero-order valence-electron chi connectivity index (χ0n) is 8.72. The van der Waals surface area contributed by atoms with Gasteiger partial charge < -0.3 is 10.2 Å². The number of nitrogens with zero attached hydrogens (tertiary/aromatic N) is 1. The summed E-state index contributed by atoms with van der Waals surface area (Å²) in [4.78, 5) is 2.44. The van der Waals surface area contributed by atoms with Crippen molar-refractivity contribution < 1.29 is 0 Å². The lowest BCUT2D eigenvalue weighted by Gasteiger charge is -2.19. The molecule has 0 radical (unpaired) electrons. The van der Waals surface area contributed by atoms with E-state index in [1.807, 2.05) is 6.08 Å². The summed E-state index contributed by atoms with van der Waals surface area (Å²) in [6.45, 7) is 9.79. The van der Waals surface area contributed by atoms with Crippen LogP contribution >= 0.6 is 11.6 Å². The van der Waals surface area contributed by atoms with Crippen LogP contribution in [-0.2, 0) is 0 Å². The third-order valence-corrected chi connectivity index (χ3v) is 2.12. The highest BCUT2D eigenvalue weighted by Crippen LogP contribution is 1.88. The molecule has 0 aliphatic heterocycles. The van der Waals surface area contributed by atoms with Crippen molar-refractivity contribution in [2.75, 3.05) is 32.7 Å². The maximum absolute atomic E-state index is 5.39. The molecule has 0 heterocycles. The van der Waals surface area contributed by atoms with Crippen molar-refractivity contribution in [3.8, 4) is 0 Å². The van der Waals surface area contributed by atoms with E-state index in [9.17, 15) is 0 Å². The Balaban J connectivity index is 3.27. The van der Waals surface area contributed by atoms with Crippen molar-refractivity contribution in [2.24, 2.45) is 0 Å². The molecule has 0 unspecified atom stereocenters. The van der Waals surface area contributed by atoms with E-state index in [1.165, 1.54) is 13.0 Å². The summed E-state index contributed by atoms with van der Waals surface area (Å²) in [6, 6.07) is 0. The highest BCUT2D eigenvalue weighted by Gasteiger charge is 1.98. The Labute approximate surface area is 86.9 Å². The minimum absolute atomic E-state index is 0.868. The van der Waals surface area contributed by atoms with Gasteiger partial charge in [0.2, 0.25) is 0 Å². The first kappa shape index (κ1) is 12.9. The van der Waals surface area contributed by atoms with E-state index in [2.05, 4.69) is 24.1 Å². The highest BCUT2D eigenvalue weighted by atomic mass is 35.5. The molecule has 0 fully saturated rings. The number of hydrogen-bond acceptors (Lipinski definition) is 2. The van der Waals surface area contributed by atoms with E-state index in [4.69, 9.17) is 11.6 Å². The molecule has 0 aromatic carbocycles. The van der Waals surface area contributed by atoms with Gasteiger partial charge in [0, 0.05) is 25.2 Å². The summed E-state index contributed by atoms with van der Waals surface area (Å²) in [6.07, 6.45) is 3.15. The summed E-state index contributed by atoms with van der Waals surface area (Å²) >= 11 is 5.39. The highest BCUT2D eigenvalue weighted by molar-refractivity contribution is 6.25. The van der Waals surface area contributed by atoms with Crippen LogP contribution in [0.15, 0.2) is 11.6 Å². The lowest BCUT2D eigenvalue weighted by atomic mass is 10.4. The van der Waals surface area contributed by atoms with E-state index in [0.29, 0.717) is 0 Å². The van der Waals surface area contributed by atoms with Crippen LogP contribution in [0.4, 0.5) is 0 Å². The summed E-state index contributed by atoms with van der Waals surface area (Å²) in [5.74, 6) is 0. The molecule has 2 nitrogen and oxygen atoms in total. The van der Waals surface area contributed by atoms with E-state index in [1.54, 1.807) is 5.54 Å². The number of likely N-dealkylation sites (N-methyl/N-ethyl adjacent to an activating group) is 1. The predicted octanol–water partition coefficient (Wildman–Crippen LogP) is 2.06. The molecule has 0 saturated heterocycles. The Bertz CT molecular complexity index is 126. The number of rotatable bonds is 8. The fourth-order valence-corrected chi connectivity index (χ4v) is 1.30. The second-order valence-corrected chi connectivity index (χ2v) is 3.25. The van der Waals surface area contributed by atoms with Gasteiger partial charge in [-0.3, -0.25) is 0 Å². The van der Waals surface area contributed by atoms with E-state index in [-0.39, 0.29) is 0 Å². The fourth-order valence-electron chi connectivity index (χ4n) is 1.21. The molecule has 1 N–H and O–H groups in total. The summed E-state index contributed by atoms with van der Waals surface area (Å²) < 4.78 is 0. The van der Waals surface area contributed by atoms with Crippen LogP contribution in [0.25, 0.3) is 0 Å². The molecule has 78 valence electrons. The molecular weight excluding hydrogens is 184 g/mol. The molecule has 0 aromatic heterocycles. The Kier molecular flexibility index (Phi) is 10.00. The van der Waals surface area contributed by atoms with Crippen LogP contribution in [0.2, 0.25) is 0 Å². The van der Waals surface area contributed by atoms with Crippen molar-refractivity contribution in [3.63, 3.8) is 0 Å². The van der Waals surface area contributed by atoms with E-state index in [0.717, 1.165) is 26.2 Å². The number of hydrogen-bond donors (Lipinski definition) is 1. The topological polar surface area (TPSA) is 15.3 Å². The SMILES string of the molecule is CCCN(CC)CCNC/C=C/Cl. The molecular formula is C10H21ClN2. The molecule has 0 saturated carbocycles. The second-order valence-electron chi connectivity index (χ2n) is 3.00. The smallest absolute Gasteiger partial charge is 0.0147 e. The minimum atomic E-state index is 0.868.